The van der Waals surface area contributed by atoms with Crippen molar-refractivity contribution in [3.05, 3.63) is 53.7 Å². The lowest BCUT2D eigenvalue weighted by molar-refractivity contribution is -0.116. The molecule has 0 N–H and O–H groups in total. The molecule has 4 rings (SSSR count). The zero-order valence-electron chi connectivity index (χ0n) is 16.3. The van der Waals surface area contributed by atoms with Crippen molar-refractivity contribution < 1.29 is 9.59 Å². The highest BCUT2D eigenvalue weighted by atomic mass is 32.2. The summed E-state index contributed by atoms with van der Waals surface area (Å²) < 4.78 is 0. The van der Waals surface area contributed by atoms with Crippen molar-refractivity contribution in [3.8, 4) is 0 Å². The lowest BCUT2D eigenvalue weighted by Crippen LogP contribution is -2.42. The normalized spacial score (nSPS) is 22.1. The molecule has 1 saturated heterocycles. The maximum absolute atomic E-state index is 12.9. The van der Waals surface area contributed by atoms with Gasteiger partial charge in [-0.3, -0.25) is 9.59 Å². The van der Waals surface area contributed by atoms with Gasteiger partial charge >= 0.3 is 0 Å². The highest BCUT2D eigenvalue weighted by Crippen LogP contribution is 2.34. The largest absolute Gasteiger partial charge is 0.338 e. The quantitative estimate of drug-likeness (QED) is 0.792. The van der Waals surface area contributed by atoms with Crippen LogP contribution in [0.3, 0.4) is 0 Å². The van der Waals surface area contributed by atoms with E-state index in [9.17, 15) is 9.59 Å². The van der Waals surface area contributed by atoms with E-state index in [1.54, 1.807) is 11.1 Å². The van der Waals surface area contributed by atoms with Crippen molar-refractivity contribution in [1.82, 2.24) is 9.88 Å². The molecule has 1 fully saturated rings. The van der Waals surface area contributed by atoms with Crippen molar-refractivity contribution >= 4 is 29.3 Å². The van der Waals surface area contributed by atoms with Gasteiger partial charge in [0.1, 0.15) is 5.03 Å². The van der Waals surface area contributed by atoms with E-state index in [4.69, 9.17) is 0 Å². The third kappa shape index (κ3) is 3.92. The van der Waals surface area contributed by atoms with Crippen LogP contribution in [0.4, 0.5) is 5.69 Å². The van der Waals surface area contributed by atoms with Gasteiger partial charge in [-0.15, -0.1) is 0 Å². The first-order valence-corrected chi connectivity index (χ1v) is 10.8. The molecule has 1 aromatic heterocycles. The zero-order valence-corrected chi connectivity index (χ0v) is 17.1. The van der Waals surface area contributed by atoms with Crippen LogP contribution in [0, 0.1) is 11.8 Å². The topological polar surface area (TPSA) is 53.5 Å². The van der Waals surface area contributed by atoms with Gasteiger partial charge in [-0.25, -0.2) is 4.98 Å². The number of benzene rings is 1. The molecule has 2 unspecified atom stereocenters. The van der Waals surface area contributed by atoms with Gasteiger partial charge in [0.2, 0.25) is 5.91 Å². The highest BCUT2D eigenvalue weighted by Gasteiger charge is 2.27. The van der Waals surface area contributed by atoms with E-state index in [1.807, 2.05) is 41.3 Å². The number of fused-ring (bicyclic) bond motifs is 1. The fourth-order valence-corrected chi connectivity index (χ4v) is 5.04. The van der Waals surface area contributed by atoms with Gasteiger partial charge in [0, 0.05) is 24.8 Å². The molecule has 3 heterocycles. The number of piperidine rings is 1. The smallest absolute Gasteiger partial charge is 0.253 e. The Balaban J connectivity index is 1.48. The van der Waals surface area contributed by atoms with Gasteiger partial charge in [-0.1, -0.05) is 37.7 Å². The molecule has 0 saturated carbocycles. The predicted molar refractivity (Wildman–Crippen MR) is 111 cm³/mol. The fourth-order valence-electron chi connectivity index (χ4n) is 4.16. The number of hydrogen-bond acceptors (Lipinski definition) is 4. The SMILES string of the molecule is CC1CC(C)CN(C(=O)c2ccc(CN3C(=O)CSc4ncccc43)cc2)C1. The molecule has 2 atom stereocenters. The van der Waals surface area contributed by atoms with E-state index < -0.39 is 0 Å². The summed E-state index contributed by atoms with van der Waals surface area (Å²) in [7, 11) is 0. The minimum Gasteiger partial charge on any atom is -0.338 e. The van der Waals surface area contributed by atoms with Crippen LogP contribution in [-0.2, 0) is 11.3 Å². The Morgan fingerprint density at radius 2 is 1.86 bits per heavy atom. The zero-order chi connectivity index (χ0) is 19.7. The number of anilines is 1. The monoisotopic (exact) mass is 395 g/mol. The maximum atomic E-state index is 12.9. The van der Waals surface area contributed by atoms with E-state index in [1.165, 1.54) is 18.2 Å². The first kappa shape index (κ1) is 19.0. The molecule has 2 aliphatic rings. The molecular weight excluding hydrogens is 370 g/mol. The Morgan fingerprint density at radius 3 is 2.57 bits per heavy atom. The van der Waals surface area contributed by atoms with Gasteiger partial charge < -0.3 is 9.80 Å². The lowest BCUT2D eigenvalue weighted by Gasteiger charge is -2.35. The van der Waals surface area contributed by atoms with Crippen molar-refractivity contribution in [1.29, 1.82) is 0 Å². The summed E-state index contributed by atoms with van der Waals surface area (Å²) >= 11 is 1.48. The summed E-state index contributed by atoms with van der Waals surface area (Å²) in [5.74, 6) is 1.69. The summed E-state index contributed by atoms with van der Waals surface area (Å²) in [6, 6.07) is 11.5. The average Bonchev–Trinajstić information content (AvgIpc) is 2.69. The lowest BCUT2D eigenvalue weighted by atomic mass is 9.91. The second kappa shape index (κ2) is 7.95. The second-order valence-electron chi connectivity index (χ2n) is 7.95. The van der Waals surface area contributed by atoms with Crippen molar-refractivity contribution in [2.45, 2.75) is 31.8 Å². The fraction of sp³-hybridized carbons (Fsp3) is 0.409. The van der Waals surface area contributed by atoms with Crippen LogP contribution >= 0.6 is 11.8 Å². The van der Waals surface area contributed by atoms with Crippen molar-refractivity contribution in [2.75, 3.05) is 23.7 Å². The Morgan fingerprint density at radius 1 is 1.14 bits per heavy atom. The van der Waals surface area contributed by atoms with Crippen LogP contribution in [0.2, 0.25) is 0 Å². The number of carbonyl (C=O) groups excluding carboxylic acids is 2. The molecule has 1 aromatic carbocycles. The summed E-state index contributed by atoms with van der Waals surface area (Å²) in [6.07, 6.45) is 2.93. The van der Waals surface area contributed by atoms with Gasteiger partial charge in [0.05, 0.1) is 18.0 Å². The van der Waals surface area contributed by atoms with Crippen LogP contribution in [-0.4, -0.2) is 40.5 Å². The number of thioether (sulfide) groups is 1. The molecule has 0 aliphatic carbocycles. The van der Waals surface area contributed by atoms with E-state index in [0.717, 1.165) is 29.4 Å². The molecular formula is C22H25N3O2S. The number of amides is 2. The molecule has 2 amide bonds. The molecule has 5 nitrogen and oxygen atoms in total. The Bertz CT molecular complexity index is 874. The van der Waals surface area contributed by atoms with Crippen molar-refractivity contribution in [3.63, 3.8) is 0 Å². The summed E-state index contributed by atoms with van der Waals surface area (Å²) in [4.78, 5) is 33.4. The summed E-state index contributed by atoms with van der Waals surface area (Å²) in [6.45, 7) is 6.56. The van der Waals surface area contributed by atoms with Gasteiger partial charge in [0.15, 0.2) is 0 Å². The first-order valence-electron chi connectivity index (χ1n) is 9.77. The Kier molecular flexibility index (Phi) is 5.40. The summed E-state index contributed by atoms with van der Waals surface area (Å²) in [5.41, 5.74) is 2.58. The average molecular weight is 396 g/mol. The molecule has 6 heteroatoms. The molecule has 2 aliphatic heterocycles. The Labute approximate surface area is 170 Å². The Hall–Kier alpha value is -2.34. The van der Waals surface area contributed by atoms with E-state index in [-0.39, 0.29) is 11.8 Å². The van der Waals surface area contributed by atoms with Crippen LogP contribution in [0.15, 0.2) is 47.6 Å². The molecule has 0 spiro atoms. The summed E-state index contributed by atoms with van der Waals surface area (Å²) in [5, 5.41) is 0.891. The highest BCUT2D eigenvalue weighted by molar-refractivity contribution is 8.00. The van der Waals surface area contributed by atoms with Gasteiger partial charge in [-0.2, -0.15) is 0 Å². The number of rotatable bonds is 3. The van der Waals surface area contributed by atoms with Crippen LogP contribution in [0.1, 0.15) is 36.2 Å². The second-order valence-corrected chi connectivity index (χ2v) is 8.91. The first-order chi connectivity index (χ1) is 13.5. The maximum Gasteiger partial charge on any atom is 0.253 e. The number of nitrogens with zero attached hydrogens (tertiary/aromatic N) is 3. The van der Waals surface area contributed by atoms with E-state index in [0.29, 0.717) is 29.7 Å². The molecule has 146 valence electrons. The van der Waals surface area contributed by atoms with Gasteiger partial charge in [0.25, 0.3) is 5.91 Å². The van der Waals surface area contributed by atoms with Crippen LogP contribution in [0.25, 0.3) is 0 Å². The van der Waals surface area contributed by atoms with Crippen LogP contribution in [0.5, 0.6) is 0 Å². The number of carbonyl (C=O) groups is 2. The van der Waals surface area contributed by atoms with Crippen LogP contribution < -0.4 is 4.90 Å². The van der Waals surface area contributed by atoms with Crippen molar-refractivity contribution in [2.24, 2.45) is 11.8 Å². The van der Waals surface area contributed by atoms with E-state index in [2.05, 4.69) is 18.8 Å². The molecule has 0 bridgehead atoms. The third-order valence-electron chi connectivity index (χ3n) is 5.37. The third-order valence-corrected chi connectivity index (χ3v) is 6.35. The van der Waals surface area contributed by atoms with Gasteiger partial charge in [-0.05, 0) is 48.1 Å². The number of hydrogen-bond donors (Lipinski definition) is 0. The minimum atomic E-state index is 0.0851. The number of pyridine rings is 1. The number of likely N-dealkylation sites (tertiary alicyclic amines) is 1. The molecule has 0 radical (unpaired) electrons. The molecule has 28 heavy (non-hydrogen) atoms. The van der Waals surface area contributed by atoms with E-state index >= 15 is 0 Å². The minimum absolute atomic E-state index is 0.0851. The molecule has 2 aromatic rings. The number of aromatic nitrogens is 1. The standard InChI is InChI=1S/C22H25N3O2S/c1-15-10-16(2)12-24(11-15)22(27)18-7-5-17(6-8-18)13-25-19-4-3-9-23-21(19)28-14-20(25)26/h3-9,15-16H,10-14H2,1-2H3. The predicted octanol–water partition coefficient (Wildman–Crippen LogP) is 3.84.